The zero-order valence-electron chi connectivity index (χ0n) is 10.6. The Kier molecular flexibility index (Phi) is 4.11. The van der Waals surface area contributed by atoms with E-state index in [0.29, 0.717) is 22.6 Å². The standard InChI is InChI=1S/C13H15NO4S/c1-2-11(16)9-3-4-12-10(7-9)14(5-6-15)13(17)8-19(12)18/h3-4,7,15H,2,5-6,8H2,1H3. The first-order valence-electron chi connectivity index (χ1n) is 6.05. The molecule has 0 saturated carbocycles. The van der Waals surface area contributed by atoms with Gasteiger partial charge in [-0.1, -0.05) is 13.0 Å². The van der Waals surface area contributed by atoms with Crippen molar-refractivity contribution in [1.29, 1.82) is 0 Å². The van der Waals surface area contributed by atoms with E-state index < -0.39 is 10.8 Å². The topological polar surface area (TPSA) is 74.7 Å². The van der Waals surface area contributed by atoms with Crippen LogP contribution in [-0.2, 0) is 15.6 Å². The summed E-state index contributed by atoms with van der Waals surface area (Å²) in [5, 5.41) is 9.02. The SMILES string of the molecule is CCC(=O)c1ccc2c(c1)N(CCO)C(=O)CS2=O. The van der Waals surface area contributed by atoms with E-state index in [1.165, 1.54) is 4.90 Å². The molecule has 1 unspecified atom stereocenters. The number of hydrogen-bond donors (Lipinski definition) is 1. The van der Waals surface area contributed by atoms with Crippen LogP contribution in [0.25, 0.3) is 0 Å². The van der Waals surface area contributed by atoms with E-state index in [0.717, 1.165) is 0 Å². The van der Waals surface area contributed by atoms with Gasteiger partial charge in [0.1, 0.15) is 5.75 Å². The second-order valence-corrected chi connectivity index (χ2v) is 5.64. The average molecular weight is 281 g/mol. The summed E-state index contributed by atoms with van der Waals surface area (Å²) in [5.74, 6) is -0.398. The number of aliphatic hydroxyl groups is 1. The third-order valence-electron chi connectivity index (χ3n) is 3.02. The van der Waals surface area contributed by atoms with Crippen molar-refractivity contribution >= 4 is 28.2 Å². The maximum atomic E-state index is 11.9. The number of carbonyl (C=O) groups is 2. The Labute approximate surface area is 113 Å². The highest BCUT2D eigenvalue weighted by atomic mass is 32.2. The molecule has 102 valence electrons. The van der Waals surface area contributed by atoms with Gasteiger partial charge in [0, 0.05) is 18.5 Å². The number of benzene rings is 1. The lowest BCUT2D eigenvalue weighted by Crippen LogP contribution is -2.40. The summed E-state index contributed by atoms with van der Waals surface area (Å²) in [6.45, 7) is 1.73. The van der Waals surface area contributed by atoms with Crippen LogP contribution in [-0.4, -0.2) is 39.9 Å². The molecule has 1 aromatic carbocycles. The lowest BCUT2D eigenvalue weighted by Gasteiger charge is -2.28. The molecular weight excluding hydrogens is 266 g/mol. The van der Waals surface area contributed by atoms with Crippen LogP contribution in [0.1, 0.15) is 23.7 Å². The van der Waals surface area contributed by atoms with Crippen molar-refractivity contribution in [2.45, 2.75) is 18.2 Å². The highest BCUT2D eigenvalue weighted by Gasteiger charge is 2.29. The molecule has 0 fully saturated rings. The Hall–Kier alpha value is -1.53. The fourth-order valence-corrected chi connectivity index (χ4v) is 3.20. The summed E-state index contributed by atoms with van der Waals surface area (Å²) >= 11 is 0. The van der Waals surface area contributed by atoms with Crippen molar-refractivity contribution in [3.63, 3.8) is 0 Å². The molecule has 0 aromatic heterocycles. The molecule has 0 bridgehead atoms. The highest BCUT2D eigenvalue weighted by molar-refractivity contribution is 7.86. The minimum atomic E-state index is -1.38. The summed E-state index contributed by atoms with van der Waals surface area (Å²) in [5.41, 5.74) is 0.971. The number of ketones is 1. The molecule has 19 heavy (non-hydrogen) atoms. The van der Waals surface area contributed by atoms with E-state index in [9.17, 15) is 13.8 Å². The molecule has 1 amide bonds. The maximum absolute atomic E-state index is 11.9. The lowest BCUT2D eigenvalue weighted by atomic mass is 10.1. The molecule has 1 aliphatic heterocycles. The van der Waals surface area contributed by atoms with Gasteiger partial charge in [0.15, 0.2) is 5.78 Å². The first-order chi connectivity index (χ1) is 9.08. The number of anilines is 1. The molecule has 1 N–H and O–H groups in total. The zero-order valence-corrected chi connectivity index (χ0v) is 11.4. The fourth-order valence-electron chi connectivity index (χ4n) is 2.05. The summed E-state index contributed by atoms with van der Waals surface area (Å²) in [6.07, 6.45) is 0.371. The Balaban J connectivity index is 2.51. The number of amides is 1. The summed E-state index contributed by atoms with van der Waals surface area (Å²) < 4.78 is 11.9. The molecular formula is C13H15NO4S. The van der Waals surface area contributed by atoms with E-state index in [-0.39, 0.29) is 30.6 Å². The first-order valence-corrected chi connectivity index (χ1v) is 7.37. The molecule has 1 heterocycles. The van der Waals surface area contributed by atoms with E-state index in [1.807, 2.05) is 0 Å². The van der Waals surface area contributed by atoms with Gasteiger partial charge in [-0.2, -0.15) is 0 Å². The quantitative estimate of drug-likeness (QED) is 0.825. The lowest BCUT2D eigenvalue weighted by molar-refractivity contribution is -0.116. The number of Topliss-reactive ketones (excluding diaryl/α,β-unsaturated/α-hetero) is 1. The number of β-amino-alcohol motifs (C(OH)–C–C–N with tert-alkyl or cyclic N) is 1. The van der Waals surface area contributed by atoms with Crippen molar-refractivity contribution < 1.29 is 18.9 Å². The number of carbonyl (C=O) groups excluding carboxylic acids is 2. The minimum Gasteiger partial charge on any atom is -0.395 e. The van der Waals surface area contributed by atoms with Gasteiger partial charge < -0.3 is 10.0 Å². The van der Waals surface area contributed by atoms with Gasteiger partial charge >= 0.3 is 0 Å². The Morgan fingerprint density at radius 1 is 1.47 bits per heavy atom. The van der Waals surface area contributed by atoms with Crippen LogP contribution >= 0.6 is 0 Å². The van der Waals surface area contributed by atoms with Crippen LogP contribution < -0.4 is 4.90 Å². The Bertz CT molecular complexity index is 556. The van der Waals surface area contributed by atoms with Crippen molar-refractivity contribution in [2.24, 2.45) is 0 Å². The van der Waals surface area contributed by atoms with Crippen molar-refractivity contribution in [1.82, 2.24) is 0 Å². The van der Waals surface area contributed by atoms with Crippen LogP contribution in [0.15, 0.2) is 23.1 Å². The normalized spacial score (nSPS) is 18.3. The van der Waals surface area contributed by atoms with E-state index in [1.54, 1.807) is 25.1 Å². The highest BCUT2D eigenvalue weighted by Crippen LogP contribution is 2.30. The van der Waals surface area contributed by atoms with Crippen LogP contribution in [0.3, 0.4) is 0 Å². The molecule has 2 rings (SSSR count). The van der Waals surface area contributed by atoms with Crippen LogP contribution in [0.4, 0.5) is 5.69 Å². The predicted octanol–water partition coefficient (Wildman–Crippen LogP) is 0.726. The van der Waals surface area contributed by atoms with Gasteiger partial charge in [-0.05, 0) is 12.1 Å². The molecule has 0 saturated heterocycles. The number of hydrogen-bond acceptors (Lipinski definition) is 4. The van der Waals surface area contributed by atoms with Gasteiger partial charge in [0.2, 0.25) is 5.91 Å². The van der Waals surface area contributed by atoms with Crippen molar-refractivity contribution in [3.05, 3.63) is 23.8 Å². The van der Waals surface area contributed by atoms with Crippen LogP contribution in [0.2, 0.25) is 0 Å². The van der Waals surface area contributed by atoms with E-state index >= 15 is 0 Å². The second kappa shape index (κ2) is 5.63. The molecule has 5 nitrogen and oxygen atoms in total. The minimum absolute atomic E-state index is 0.0319. The van der Waals surface area contributed by atoms with Gasteiger partial charge in [-0.25, -0.2) is 0 Å². The van der Waals surface area contributed by atoms with Crippen LogP contribution in [0.5, 0.6) is 0 Å². The summed E-state index contributed by atoms with van der Waals surface area (Å²) in [6, 6.07) is 4.85. The van der Waals surface area contributed by atoms with Gasteiger partial charge in [0.25, 0.3) is 0 Å². The smallest absolute Gasteiger partial charge is 0.240 e. The summed E-state index contributed by atoms with van der Waals surface area (Å²) in [7, 11) is -1.38. The molecule has 1 atom stereocenters. The molecule has 0 spiro atoms. The summed E-state index contributed by atoms with van der Waals surface area (Å²) in [4.78, 5) is 25.5. The van der Waals surface area contributed by atoms with Crippen LogP contribution in [0, 0.1) is 0 Å². The number of rotatable bonds is 4. The third kappa shape index (κ3) is 2.59. The zero-order chi connectivity index (χ0) is 14.0. The first kappa shape index (κ1) is 13.9. The number of aliphatic hydroxyl groups excluding tert-OH is 1. The molecule has 6 heteroatoms. The monoisotopic (exact) mass is 281 g/mol. The van der Waals surface area contributed by atoms with Crippen molar-refractivity contribution in [3.8, 4) is 0 Å². The van der Waals surface area contributed by atoms with Gasteiger partial charge in [-0.15, -0.1) is 0 Å². The molecule has 0 radical (unpaired) electrons. The largest absolute Gasteiger partial charge is 0.395 e. The average Bonchev–Trinajstić information content (AvgIpc) is 2.42. The Morgan fingerprint density at radius 3 is 2.84 bits per heavy atom. The molecule has 0 aliphatic carbocycles. The molecule has 1 aromatic rings. The third-order valence-corrected chi connectivity index (χ3v) is 4.36. The van der Waals surface area contributed by atoms with E-state index in [2.05, 4.69) is 0 Å². The molecule has 1 aliphatic rings. The van der Waals surface area contributed by atoms with Gasteiger partial charge in [0.05, 0.1) is 28.0 Å². The van der Waals surface area contributed by atoms with Gasteiger partial charge in [-0.3, -0.25) is 13.8 Å². The van der Waals surface area contributed by atoms with E-state index in [4.69, 9.17) is 5.11 Å². The number of nitrogens with zero attached hydrogens (tertiary/aromatic N) is 1. The predicted molar refractivity (Wildman–Crippen MR) is 71.8 cm³/mol. The second-order valence-electron chi connectivity index (χ2n) is 4.22. The Morgan fingerprint density at radius 2 is 2.21 bits per heavy atom. The number of fused-ring (bicyclic) bond motifs is 1. The fraction of sp³-hybridized carbons (Fsp3) is 0.385. The van der Waals surface area contributed by atoms with Crippen molar-refractivity contribution in [2.75, 3.05) is 23.8 Å². The maximum Gasteiger partial charge on any atom is 0.240 e.